The van der Waals surface area contributed by atoms with Crippen LogP contribution in [-0.4, -0.2) is 25.4 Å². The van der Waals surface area contributed by atoms with Gasteiger partial charge in [0.1, 0.15) is 5.75 Å². The first-order valence-corrected chi connectivity index (χ1v) is 8.16. The lowest BCUT2D eigenvalue weighted by Crippen LogP contribution is -2.13. The fourth-order valence-corrected chi connectivity index (χ4v) is 2.73. The van der Waals surface area contributed by atoms with Crippen LogP contribution in [0.4, 0.5) is 0 Å². The molecule has 0 aliphatic rings. The highest BCUT2D eigenvalue weighted by molar-refractivity contribution is 7.84. The van der Waals surface area contributed by atoms with E-state index >= 15 is 0 Å². The maximum Gasteiger partial charge on any atom is 0.271 e. The summed E-state index contributed by atoms with van der Waals surface area (Å²) in [4.78, 5) is 12.8. The lowest BCUT2D eigenvalue weighted by Gasteiger charge is -2.04. The summed E-state index contributed by atoms with van der Waals surface area (Å²) in [7, 11) is -1.06. The number of aromatic nitrogens is 2. The third-order valence-corrected chi connectivity index (χ3v) is 4.28. The van der Waals surface area contributed by atoms with Crippen molar-refractivity contribution in [2.45, 2.75) is 4.90 Å². The monoisotopic (exact) mass is 314 g/mol. The fourth-order valence-electron chi connectivity index (χ4n) is 2.21. The van der Waals surface area contributed by atoms with Gasteiger partial charge in [0.05, 0.1) is 11.4 Å². The SMILES string of the molecule is CS(=O)c1ccc(-n2[nH]c(-c3ccccc3O)cc2=O)cc1. The van der Waals surface area contributed by atoms with Gasteiger partial charge in [-0.25, -0.2) is 4.68 Å². The Labute approximate surface area is 129 Å². The second kappa shape index (κ2) is 5.65. The van der Waals surface area contributed by atoms with Crippen molar-refractivity contribution in [2.24, 2.45) is 0 Å². The Balaban J connectivity index is 2.05. The highest BCUT2D eigenvalue weighted by Gasteiger charge is 2.10. The van der Waals surface area contributed by atoms with Crippen molar-refractivity contribution in [1.82, 2.24) is 9.78 Å². The molecular weight excluding hydrogens is 300 g/mol. The molecule has 2 aromatic carbocycles. The van der Waals surface area contributed by atoms with Crippen LogP contribution in [-0.2, 0) is 10.8 Å². The van der Waals surface area contributed by atoms with Gasteiger partial charge in [0.15, 0.2) is 0 Å². The van der Waals surface area contributed by atoms with Gasteiger partial charge in [-0.3, -0.25) is 14.1 Å². The first-order valence-electron chi connectivity index (χ1n) is 6.60. The minimum Gasteiger partial charge on any atom is -0.507 e. The van der Waals surface area contributed by atoms with Gasteiger partial charge in [0.2, 0.25) is 0 Å². The van der Waals surface area contributed by atoms with Crippen LogP contribution in [0.2, 0.25) is 0 Å². The number of nitrogens with zero attached hydrogens (tertiary/aromatic N) is 1. The summed E-state index contributed by atoms with van der Waals surface area (Å²) in [5.41, 5.74) is 1.50. The van der Waals surface area contributed by atoms with Crippen molar-refractivity contribution >= 4 is 10.8 Å². The summed E-state index contributed by atoms with van der Waals surface area (Å²) in [5.74, 6) is 0.104. The maximum absolute atomic E-state index is 12.1. The van der Waals surface area contributed by atoms with E-state index in [-0.39, 0.29) is 11.3 Å². The number of benzene rings is 2. The predicted octanol–water partition coefficient (Wildman–Crippen LogP) is 2.28. The highest BCUT2D eigenvalue weighted by Crippen LogP contribution is 2.26. The topological polar surface area (TPSA) is 75.1 Å². The summed E-state index contributed by atoms with van der Waals surface area (Å²) in [6, 6.07) is 15.1. The molecule has 3 aromatic rings. The van der Waals surface area contributed by atoms with E-state index < -0.39 is 10.8 Å². The average molecular weight is 314 g/mol. The second-order valence-electron chi connectivity index (χ2n) is 4.81. The second-order valence-corrected chi connectivity index (χ2v) is 6.19. The maximum atomic E-state index is 12.1. The van der Waals surface area contributed by atoms with Crippen molar-refractivity contribution in [1.29, 1.82) is 0 Å². The third-order valence-electron chi connectivity index (χ3n) is 3.34. The molecule has 0 saturated heterocycles. The lowest BCUT2D eigenvalue weighted by molar-refractivity contribution is 0.477. The Kier molecular flexibility index (Phi) is 3.68. The molecule has 1 unspecified atom stereocenters. The zero-order valence-electron chi connectivity index (χ0n) is 11.8. The van der Waals surface area contributed by atoms with Gasteiger partial charge in [-0.2, -0.15) is 0 Å². The van der Waals surface area contributed by atoms with Crippen LogP contribution in [0.3, 0.4) is 0 Å². The Morgan fingerprint density at radius 2 is 1.77 bits per heavy atom. The van der Waals surface area contributed by atoms with Gasteiger partial charge in [0.25, 0.3) is 5.56 Å². The van der Waals surface area contributed by atoms with Gasteiger partial charge in [-0.15, -0.1) is 0 Å². The molecule has 0 saturated carbocycles. The van der Waals surface area contributed by atoms with Crippen molar-refractivity contribution in [3.63, 3.8) is 0 Å². The number of hydrogen-bond acceptors (Lipinski definition) is 3. The molecule has 1 atom stereocenters. The smallest absolute Gasteiger partial charge is 0.271 e. The Hall–Kier alpha value is -2.60. The number of aromatic hydroxyl groups is 1. The van der Waals surface area contributed by atoms with E-state index in [0.717, 1.165) is 0 Å². The third kappa shape index (κ3) is 2.60. The predicted molar refractivity (Wildman–Crippen MR) is 85.8 cm³/mol. The Morgan fingerprint density at radius 3 is 2.41 bits per heavy atom. The van der Waals surface area contributed by atoms with Gasteiger partial charge in [-0.1, -0.05) is 12.1 Å². The zero-order valence-corrected chi connectivity index (χ0v) is 12.6. The van der Waals surface area contributed by atoms with Crippen LogP contribution < -0.4 is 5.56 Å². The number of phenols is 1. The molecule has 2 N–H and O–H groups in total. The summed E-state index contributed by atoms with van der Waals surface area (Å²) in [6.45, 7) is 0. The molecule has 1 heterocycles. The van der Waals surface area contributed by atoms with Gasteiger partial charge in [0, 0.05) is 33.6 Å². The highest BCUT2D eigenvalue weighted by atomic mass is 32.2. The van der Waals surface area contributed by atoms with E-state index in [1.165, 1.54) is 10.7 Å². The van der Waals surface area contributed by atoms with Crippen LogP contribution in [0, 0.1) is 0 Å². The molecule has 22 heavy (non-hydrogen) atoms. The summed E-state index contributed by atoms with van der Waals surface area (Å²) in [6.07, 6.45) is 1.60. The van der Waals surface area contributed by atoms with Crippen molar-refractivity contribution in [3.05, 3.63) is 65.0 Å². The fraction of sp³-hybridized carbons (Fsp3) is 0.0625. The Bertz CT molecular complexity index is 894. The van der Waals surface area contributed by atoms with Crippen molar-refractivity contribution in [2.75, 3.05) is 6.26 Å². The molecule has 6 heteroatoms. The average Bonchev–Trinajstić information content (AvgIpc) is 2.89. The molecular formula is C16H14N2O3S. The molecule has 3 rings (SSSR count). The van der Waals surface area contributed by atoms with Crippen LogP contribution in [0.5, 0.6) is 5.75 Å². The Morgan fingerprint density at radius 1 is 1.09 bits per heavy atom. The molecule has 0 amide bonds. The number of para-hydroxylation sites is 1. The molecule has 0 fully saturated rings. The number of aromatic amines is 1. The van der Waals surface area contributed by atoms with Gasteiger partial charge >= 0.3 is 0 Å². The molecule has 112 valence electrons. The molecule has 0 radical (unpaired) electrons. The minimum absolute atomic E-state index is 0.104. The van der Waals surface area contributed by atoms with E-state index in [1.807, 2.05) is 0 Å². The van der Waals surface area contributed by atoms with E-state index in [9.17, 15) is 14.1 Å². The molecule has 0 spiro atoms. The molecule has 0 bridgehead atoms. The molecule has 0 aliphatic carbocycles. The first kappa shape index (κ1) is 14.3. The normalized spacial score (nSPS) is 12.2. The quantitative estimate of drug-likeness (QED) is 0.779. The largest absolute Gasteiger partial charge is 0.507 e. The van der Waals surface area contributed by atoms with Crippen LogP contribution in [0.25, 0.3) is 16.9 Å². The van der Waals surface area contributed by atoms with Gasteiger partial charge < -0.3 is 5.11 Å². The summed E-state index contributed by atoms with van der Waals surface area (Å²) in [5, 5.41) is 12.8. The van der Waals surface area contributed by atoms with E-state index in [2.05, 4.69) is 5.10 Å². The van der Waals surface area contributed by atoms with Crippen molar-refractivity contribution < 1.29 is 9.32 Å². The van der Waals surface area contributed by atoms with E-state index in [1.54, 1.807) is 54.8 Å². The van der Waals surface area contributed by atoms with E-state index in [4.69, 9.17) is 0 Å². The van der Waals surface area contributed by atoms with Crippen LogP contribution >= 0.6 is 0 Å². The van der Waals surface area contributed by atoms with Crippen LogP contribution in [0.1, 0.15) is 0 Å². The van der Waals surface area contributed by atoms with Crippen molar-refractivity contribution in [3.8, 4) is 22.7 Å². The van der Waals surface area contributed by atoms with E-state index in [0.29, 0.717) is 21.8 Å². The first-order chi connectivity index (χ1) is 10.6. The molecule has 5 nitrogen and oxygen atoms in total. The molecule has 1 aromatic heterocycles. The number of nitrogens with one attached hydrogen (secondary N) is 1. The zero-order chi connectivity index (χ0) is 15.7. The number of hydrogen-bond donors (Lipinski definition) is 2. The number of rotatable bonds is 3. The molecule has 0 aliphatic heterocycles. The number of phenolic OH excluding ortho intramolecular Hbond substituents is 1. The standard InChI is InChI=1S/C16H14N2O3S/c1-22(21)12-8-6-11(7-9-12)18-16(20)10-14(17-18)13-4-2-3-5-15(13)19/h2-10,17,19H,1H3. The number of H-pyrrole nitrogens is 1. The summed E-state index contributed by atoms with van der Waals surface area (Å²) < 4.78 is 12.8. The van der Waals surface area contributed by atoms with Gasteiger partial charge in [-0.05, 0) is 36.4 Å². The van der Waals surface area contributed by atoms with Crippen LogP contribution in [0.15, 0.2) is 64.3 Å². The summed E-state index contributed by atoms with van der Waals surface area (Å²) >= 11 is 0. The lowest BCUT2D eigenvalue weighted by atomic mass is 10.1. The minimum atomic E-state index is -1.06.